The van der Waals surface area contributed by atoms with Crippen LogP contribution in [0.15, 0.2) is 0 Å². The molecule has 1 rings (SSSR count). The van der Waals surface area contributed by atoms with Gasteiger partial charge >= 0.3 is 17.9 Å². The zero-order valence-electron chi connectivity index (χ0n) is 15.1. The van der Waals surface area contributed by atoms with Crippen molar-refractivity contribution in [3.63, 3.8) is 0 Å². The van der Waals surface area contributed by atoms with Crippen LogP contribution in [-0.4, -0.2) is 106 Å². The molecule has 1 atom stereocenters. The molecule has 0 aromatic rings. The van der Waals surface area contributed by atoms with E-state index in [2.05, 4.69) is 0 Å². The van der Waals surface area contributed by atoms with E-state index >= 15 is 0 Å². The molecule has 1 fully saturated rings. The quantitative estimate of drug-likeness (QED) is 0.580. The van der Waals surface area contributed by atoms with Crippen LogP contribution in [0.1, 0.15) is 20.8 Å². The first kappa shape index (κ1) is 21.3. The van der Waals surface area contributed by atoms with Gasteiger partial charge in [0, 0.05) is 38.8 Å². The van der Waals surface area contributed by atoms with Crippen LogP contribution in [0.4, 0.5) is 0 Å². The Morgan fingerprint density at radius 1 is 0.800 bits per heavy atom. The number of hydrogen-bond acceptors (Lipinski definition) is 6. The number of aliphatic carboxylic acids is 3. The van der Waals surface area contributed by atoms with Gasteiger partial charge in [0.15, 0.2) is 0 Å². The Balaban J connectivity index is 3.08. The molecular formula is C16H29N3O6. The monoisotopic (exact) mass is 359 g/mol. The number of nitrogens with zero attached hydrogens (tertiary/aromatic N) is 3. The van der Waals surface area contributed by atoms with E-state index in [1.807, 2.05) is 25.7 Å². The van der Waals surface area contributed by atoms with Gasteiger partial charge in [-0.05, 0) is 5.41 Å². The van der Waals surface area contributed by atoms with Gasteiger partial charge in [-0.3, -0.25) is 29.1 Å². The molecule has 0 bridgehead atoms. The van der Waals surface area contributed by atoms with Crippen LogP contribution >= 0.6 is 0 Å². The van der Waals surface area contributed by atoms with Gasteiger partial charge in [0.1, 0.15) is 0 Å². The summed E-state index contributed by atoms with van der Waals surface area (Å²) < 4.78 is 0. The molecule has 1 saturated heterocycles. The molecule has 144 valence electrons. The first-order valence-electron chi connectivity index (χ1n) is 8.33. The van der Waals surface area contributed by atoms with E-state index in [9.17, 15) is 19.5 Å². The Labute approximate surface area is 147 Å². The Hall–Kier alpha value is -1.71. The molecule has 1 heterocycles. The van der Waals surface area contributed by atoms with Gasteiger partial charge in [0.05, 0.1) is 19.6 Å². The second kappa shape index (κ2) is 9.12. The lowest BCUT2D eigenvalue weighted by atomic mass is 9.85. The minimum atomic E-state index is -0.957. The summed E-state index contributed by atoms with van der Waals surface area (Å²) in [6.07, 6.45) is 0. The number of carboxylic acid groups (broad SMARTS) is 3. The summed E-state index contributed by atoms with van der Waals surface area (Å²) in [5.41, 5.74) is -0.256. The van der Waals surface area contributed by atoms with Gasteiger partial charge in [-0.2, -0.15) is 0 Å². The van der Waals surface area contributed by atoms with Crippen LogP contribution in [0, 0.1) is 5.41 Å². The summed E-state index contributed by atoms with van der Waals surface area (Å²) in [7, 11) is 0. The third-order valence-corrected chi connectivity index (χ3v) is 4.36. The molecule has 0 aliphatic carbocycles. The fourth-order valence-corrected chi connectivity index (χ4v) is 3.14. The minimum Gasteiger partial charge on any atom is -0.480 e. The number of carboxylic acids is 3. The summed E-state index contributed by atoms with van der Waals surface area (Å²) in [5, 5.41) is 27.4. The third kappa shape index (κ3) is 7.80. The van der Waals surface area contributed by atoms with E-state index in [1.165, 1.54) is 0 Å². The molecule has 0 aromatic carbocycles. The van der Waals surface area contributed by atoms with Crippen molar-refractivity contribution in [3.8, 4) is 0 Å². The van der Waals surface area contributed by atoms with Crippen LogP contribution in [0.3, 0.4) is 0 Å². The average Bonchev–Trinajstić information content (AvgIpc) is 2.49. The van der Waals surface area contributed by atoms with Gasteiger partial charge in [-0.25, -0.2) is 0 Å². The summed E-state index contributed by atoms with van der Waals surface area (Å²) in [5.74, 6) is -2.87. The van der Waals surface area contributed by atoms with E-state index in [4.69, 9.17) is 10.2 Å². The Kier molecular flexibility index (Phi) is 7.78. The lowest BCUT2D eigenvalue weighted by molar-refractivity contribution is -0.141. The van der Waals surface area contributed by atoms with E-state index in [1.54, 1.807) is 9.80 Å². The highest BCUT2D eigenvalue weighted by atomic mass is 16.4. The summed E-state index contributed by atoms with van der Waals surface area (Å²) >= 11 is 0. The Morgan fingerprint density at radius 3 is 1.72 bits per heavy atom. The molecule has 0 spiro atoms. The molecule has 9 nitrogen and oxygen atoms in total. The molecule has 3 N–H and O–H groups in total. The molecule has 25 heavy (non-hydrogen) atoms. The predicted octanol–water partition coefficient (Wildman–Crippen LogP) is -0.425. The van der Waals surface area contributed by atoms with Crippen molar-refractivity contribution < 1.29 is 29.7 Å². The topological polar surface area (TPSA) is 122 Å². The van der Waals surface area contributed by atoms with Crippen molar-refractivity contribution in [1.82, 2.24) is 14.7 Å². The molecule has 1 aliphatic rings. The molecule has 0 radical (unpaired) electrons. The van der Waals surface area contributed by atoms with Gasteiger partial charge in [0.2, 0.25) is 0 Å². The smallest absolute Gasteiger partial charge is 0.317 e. The highest BCUT2D eigenvalue weighted by Gasteiger charge is 2.34. The third-order valence-electron chi connectivity index (χ3n) is 4.36. The zero-order valence-corrected chi connectivity index (χ0v) is 15.1. The standard InChI is InChI=1S/C16H29N3O6/c1-16(2,3)12-8-18(10-14(22)23)5-4-17(9-13(20)21)6-7-19(12)11-15(24)25/h12H,4-11H2,1-3H3,(H,20,21)(H,22,23)(H,24,25). The zero-order chi connectivity index (χ0) is 19.2. The number of hydrogen-bond donors (Lipinski definition) is 3. The fraction of sp³-hybridized carbons (Fsp3) is 0.812. The molecular weight excluding hydrogens is 330 g/mol. The molecule has 9 heteroatoms. The SMILES string of the molecule is CC(C)(C)C1CN(CC(=O)O)CCN(CC(=O)O)CCN1CC(=O)O. The Bertz CT molecular complexity index is 491. The van der Waals surface area contributed by atoms with E-state index < -0.39 is 17.9 Å². The fourth-order valence-electron chi connectivity index (χ4n) is 3.14. The second-order valence-corrected chi connectivity index (χ2v) is 7.54. The first-order valence-corrected chi connectivity index (χ1v) is 8.33. The van der Waals surface area contributed by atoms with Crippen LogP contribution in [-0.2, 0) is 14.4 Å². The average molecular weight is 359 g/mol. The summed E-state index contributed by atoms with van der Waals surface area (Å²) in [6, 6.07) is -0.160. The highest BCUT2D eigenvalue weighted by Crippen LogP contribution is 2.26. The van der Waals surface area contributed by atoms with E-state index in [0.717, 1.165) is 0 Å². The lowest BCUT2D eigenvalue weighted by Crippen LogP contribution is -2.53. The molecule has 0 saturated carbocycles. The number of carbonyl (C=O) groups is 3. The van der Waals surface area contributed by atoms with Gasteiger partial charge < -0.3 is 15.3 Å². The van der Waals surface area contributed by atoms with Crippen LogP contribution in [0.5, 0.6) is 0 Å². The van der Waals surface area contributed by atoms with Gasteiger partial charge in [0.25, 0.3) is 0 Å². The molecule has 1 unspecified atom stereocenters. The normalized spacial score (nSPS) is 22.0. The second-order valence-electron chi connectivity index (χ2n) is 7.54. The van der Waals surface area contributed by atoms with Crippen LogP contribution < -0.4 is 0 Å². The molecule has 1 aliphatic heterocycles. The number of rotatable bonds is 6. The van der Waals surface area contributed by atoms with E-state index in [-0.39, 0.29) is 31.1 Å². The van der Waals surface area contributed by atoms with Crippen LogP contribution in [0.25, 0.3) is 0 Å². The Morgan fingerprint density at radius 2 is 1.24 bits per heavy atom. The molecule has 0 amide bonds. The van der Waals surface area contributed by atoms with Gasteiger partial charge in [-0.15, -0.1) is 0 Å². The summed E-state index contributed by atoms with van der Waals surface area (Å²) in [6.45, 7) is 7.64. The predicted molar refractivity (Wildman–Crippen MR) is 90.6 cm³/mol. The van der Waals surface area contributed by atoms with E-state index in [0.29, 0.717) is 32.7 Å². The summed E-state index contributed by atoms with van der Waals surface area (Å²) in [4.78, 5) is 38.8. The lowest BCUT2D eigenvalue weighted by Gasteiger charge is -2.41. The maximum absolute atomic E-state index is 11.3. The molecule has 0 aromatic heterocycles. The largest absolute Gasteiger partial charge is 0.480 e. The first-order chi connectivity index (χ1) is 11.5. The van der Waals surface area contributed by atoms with Crippen molar-refractivity contribution in [2.45, 2.75) is 26.8 Å². The maximum Gasteiger partial charge on any atom is 0.317 e. The van der Waals surface area contributed by atoms with Crippen molar-refractivity contribution in [2.24, 2.45) is 5.41 Å². The maximum atomic E-state index is 11.3. The van der Waals surface area contributed by atoms with Crippen molar-refractivity contribution in [3.05, 3.63) is 0 Å². The minimum absolute atomic E-state index is 0.151. The van der Waals surface area contributed by atoms with Gasteiger partial charge in [-0.1, -0.05) is 20.8 Å². The van der Waals surface area contributed by atoms with Crippen molar-refractivity contribution in [2.75, 3.05) is 52.4 Å². The van der Waals surface area contributed by atoms with Crippen molar-refractivity contribution >= 4 is 17.9 Å². The highest BCUT2D eigenvalue weighted by molar-refractivity contribution is 5.70. The van der Waals surface area contributed by atoms with Crippen LogP contribution in [0.2, 0.25) is 0 Å². The van der Waals surface area contributed by atoms with Crippen molar-refractivity contribution in [1.29, 1.82) is 0 Å².